The first-order valence-electron chi connectivity index (χ1n) is 29.0. The summed E-state index contributed by atoms with van der Waals surface area (Å²) in [7, 11) is -5.89. The van der Waals surface area contributed by atoms with Gasteiger partial charge in [-0.2, -0.15) is 8.78 Å². The van der Waals surface area contributed by atoms with Crippen molar-refractivity contribution in [2.75, 3.05) is 52.4 Å². The van der Waals surface area contributed by atoms with Gasteiger partial charge in [-0.3, -0.25) is 42.9 Å². The lowest BCUT2D eigenvalue weighted by atomic mass is 9.85. The number of β-amino-alcohol motifs (C(OH)–C–C–N with tert-alkyl or cyclic N) is 1. The number of likely N-dealkylation sites (tertiary alicyclic amines) is 1. The number of nitrogens with zero attached hydrogens (tertiary/aromatic N) is 5. The van der Waals surface area contributed by atoms with Crippen molar-refractivity contribution in [3.05, 3.63) is 112 Å². The number of fused-ring (bicyclic) bond motifs is 1. The second-order valence-electron chi connectivity index (χ2n) is 24.7. The van der Waals surface area contributed by atoms with Gasteiger partial charge in [-0.05, 0) is 71.4 Å². The fourth-order valence-corrected chi connectivity index (χ4v) is 13.2. The monoisotopic (exact) mass is 1280 g/mol. The minimum Gasteiger partial charge on any atom is -0.391 e. The smallest absolute Gasteiger partial charge is 0.391 e. The quantitative estimate of drug-likeness (QED) is 0.0284. The molecule has 3 saturated heterocycles. The summed E-state index contributed by atoms with van der Waals surface area (Å²) < 4.78 is 47.3. The summed E-state index contributed by atoms with van der Waals surface area (Å²) in [6.45, 7) is 13.9. The van der Waals surface area contributed by atoms with Gasteiger partial charge in [0.25, 0.3) is 5.91 Å². The van der Waals surface area contributed by atoms with E-state index in [9.17, 15) is 66.6 Å². The number of thiazole rings is 1. The standard InChI is InChI=1S/C61H76F2N9O13PS2/c1-35(37-16-18-39(19-17-37)51-36(2)65-34-87-51)66-54(77)43-29-42(73)31-72(43)58(81)52(59(3,4)5)67-48(74)15-12-22-64-49(75)30-50(76)69-23-24-71(44(32-69)56(79)70-25-26-85-45(33-70)38-13-10-9-11-14-38)57(80)53(60(6,7)8)68-55(78)47-28-40-27-41(20-21-46(40)88-47)61(62,63)86(82,83)84/h9-11,13-14,16-21,27-28,34-35,42-45,52-53,73H,12,15,22-26,29-33H2,1-8H3,(H,64,75)(H,66,77)(H,67,74)(H,68,78)(H2,82,83,84)/t35-,42+,43-,44?,45?,52?,53?/m0/s1. The van der Waals surface area contributed by atoms with E-state index in [0.29, 0.717) is 4.70 Å². The zero-order valence-corrected chi connectivity index (χ0v) is 52.8. The molecule has 3 fully saturated rings. The highest BCUT2D eigenvalue weighted by molar-refractivity contribution is 7.52. The van der Waals surface area contributed by atoms with Crippen LogP contribution in [0.4, 0.5) is 8.78 Å². The van der Waals surface area contributed by atoms with E-state index in [4.69, 9.17) is 4.74 Å². The Kier molecular flexibility index (Phi) is 20.8. The molecule has 3 aromatic carbocycles. The second-order valence-corrected chi connectivity index (χ2v) is 28.3. The number of aliphatic hydroxyl groups excluding tert-OH is 1. The van der Waals surface area contributed by atoms with Gasteiger partial charge in [0.05, 0.1) is 52.8 Å². The van der Waals surface area contributed by atoms with Crippen LogP contribution in [0.1, 0.15) is 118 Å². The number of amides is 8. The van der Waals surface area contributed by atoms with E-state index in [2.05, 4.69) is 26.3 Å². The van der Waals surface area contributed by atoms with Crippen molar-refractivity contribution in [1.29, 1.82) is 0 Å². The highest BCUT2D eigenvalue weighted by atomic mass is 32.1. The largest absolute Gasteiger partial charge is 0.399 e. The summed E-state index contributed by atoms with van der Waals surface area (Å²) in [4.78, 5) is 142. The highest BCUT2D eigenvalue weighted by Crippen LogP contribution is 2.59. The summed E-state index contributed by atoms with van der Waals surface area (Å²) in [6, 6.07) is 16.1. The molecule has 0 spiro atoms. The number of halogens is 2. The number of aromatic nitrogens is 1. The topological polar surface area (TPSA) is 298 Å². The van der Waals surface area contributed by atoms with Crippen LogP contribution in [-0.2, 0) is 48.5 Å². The number of alkyl halides is 2. The molecule has 88 heavy (non-hydrogen) atoms. The van der Waals surface area contributed by atoms with E-state index in [1.54, 1.807) is 52.0 Å². The van der Waals surface area contributed by atoms with Crippen LogP contribution in [0.15, 0.2) is 84.4 Å². The van der Waals surface area contributed by atoms with Crippen LogP contribution >= 0.6 is 30.3 Å². The van der Waals surface area contributed by atoms with Gasteiger partial charge in [0, 0.05) is 55.8 Å². The number of nitrogens with one attached hydrogen (secondary N) is 4. The van der Waals surface area contributed by atoms with E-state index in [-0.39, 0.29) is 81.9 Å². The van der Waals surface area contributed by atoms with Crippen molar-refractivity contribution in [2.45, 2.75) is 129 Å². The first-order valence-corrected chi connectivity index (χ1v) is 32.3. The Balaban J connectivity index is 0.878. The van der Waals surface area contributed by atoms with Gasteiger partial charge in [-0.25, -0.2) is 4.98 Å². The predicted octanol–water partition coefficient (Wildman–Crippen LogP) is 6.00. The SMILES string of the molecule is Cc1ncsc1-c1ccc([C@H](C)NC(=O)[C@@H]2C[C@@H](O)CN2C(=O)C(NC(=O)CCCNC(=O)CC(=O)N2CCN(C(=O)C(NC(=O)c3cc4cc(C(F)(F)P(=O)(O)O)ccc4s3)C(C)(C)C)C(C(=O)N3CCOC(c4ccccc4)C3)C2)C(C)(C)C)cc1. The molecule has 7 N–H and O–H groups in total. The number of morpholine rings is 1. The number of ether oxygens (including phenoxy) is 1. The molecule has 3 aliphatic heterocycles. The fraction of sp³-hybridized carbons (Fsp3) is 0.492. The van der Waals surface area contributed by atoms with Crippen molar-refractivity contribution in [3.63, 3.8) is 0 Å². The van der Waals surface area contributed by atoms with Gasteiger partial charge in [-0.15, -0.1) is 22.7 Å². The zero-order chi connectivity index (χ0) is 64.2. The Hall–Kier alpha value is -7.06. The third-order valence-corrected chi connectivity index (χ3v) is 19.0. The van der Waals surface area contributed by atoms with E-state index >= 15 is 0 Å². The van der Waals surface area contributed by atoms with Gasteiger partial charge >= 0.3 is 13.3 Å². The fourth-order valence-electron chi connectivity index (χ4n) is 11.0. The lowest BCUT2D eigenvalue weighted by molar-refractivity contribution is -0.158. The van der Waals surface area contributed by atoms with Crippen molar-refractivity contribution in [3.8, 4) is 10.4 Å². The third-order valence-electron chi connectivity index (χ3n) is 16.0. The molecule has 4 unspecified atom stereocenters. The van der Waals surface area contributed by atoms with Crippen molar-refractivity contribution in [2.24, 2.45) is 10.8 Å². The predicted molar refractivity (Wildman–Crippen MR) is 325 cm³/mol. The highest BCUT2D eigenvalue weighted by Gasteiger charge is 2.51. The average molecular weight is 1280 g/mol. The first-order chi connectivity index (χ1) is 41.3. The number of carbonyl (C=O) groups excluding carboxylic acids is 8. The van der Waals surface area contributed by atoms with Crippen LogP contribution < -0.4 is 21.3 Å². The molecule has 5 heterocycles. The number of piperazine rings is 1. The third kappa shape index (κ3) is 15.7. The Morgan fingerprint density at radius 1 is 0.784 bits per heavy atom. The number of rotatable bonds is 19. The maximum absolute atomic E-state index is 15.0. The van der Waals surface area contributed by atoms with Gasteiger partial charge < -0.3 is 60.5 Å². The molecule has 0 bridgehead atoms. The Morgan fingerprint density at radius 2 is 1.45 bits per heavy atom. The normalized spacial score (nSPS) is 19.6. The van der Waals surface area contributed by atoms with Crippen molar-refractivity contribution in [1.82, 2.24) is 45.9 Å². The van der Waals surface area contributed by atoms with E-state index in [1.807, 2.05) is 68.4 Å². The van der Waals surface area contributed by atoms with Gasteiger partial charge in [0.15, 0.2) is 0 Å². The molecule has 8 rings (SSSR count). The maximum atomic E-state index is 15.0. The molecular weight excluding hydrogens is 1200 g/mol. The first kappa shape index (κ1) is 66.9. The Labute approximate surface area is 516 Å². The molecule has 2 aromatic heterocycles. The lowest BCUT2D eigenvalue weighted by Gasteiger charge is -2.45. The maximum Gasteiger partial charge on any atom is 0.399 e. The molecule has 8 amide bonds. The number of hydrogen-bond donors (Lipinski definition) is 7. The number of aryl methyl sites for hydroxylation is 1. The van der Waals surface area contributed by atoms with E-state index in [1.165, 1.54) is 38.2 Å². The van der Waals surface area contributed by atoms with Crippen LogP contribution in [0, 0.1) is 17.8 Å². The van der Waals surface area contributed by atoms with Crippen molar-refractivity contribution >= 4 is 87.6 Å². The molecule has 0 radical (unpaired) electrons. The van der Waals surface area contributed by atoms with Crippen molar-refractivity contribution < 1.29 is 71.3 Å². The summed E-state index contributed by atoms with van der Waals surface area (Å²) in [5, 5.41) is 22.1. The molecule has 474 valence electrons. The van der Waals surface area contributed by atoms with Gasteiger partial charge in [0.2, 0.25) is 41.4 Å². The molecule has 3 aliphatic rings. The molecule has 0 aliphatic carbocycles. The van der Waals surface area contributed by atoms with Gasteiger partial charge in [-0.1, -0.05) is 102 Å². The van der Waals surface area contributed by atoms with E-state index < -0.39 is 126 Å². The molecule has 0 saturated carbocycles. The molecule has 27 heteroatoms. The summed E-state index contributed by atoms with van der Waals surface area (Å²) >= 11 is 2.44. The van der Waals surface area contributed by atoms with Crippen LogP contribution in [-0.4, -0.2) is 169 Å². The molecule has 7 atom stereocenters. The summed E-state index contributed by atoms with van der Waals surface area (Å²) in [5.41, 5.74) is -1.91. The van der Waals surface area contributed by atoms with Crippen LogP contribution in [0.25, 0.3) is 20.5 Å². The summed E-state index contributed by atoms with van der Waals surface area (Å²) in [6.07, 6.45) is -2.14. The Bertz CT molecular complexity index is 3460. The minimum atomic E-state index is -5.89. The molecular formula is C61H76F2N9O13PS2. The second kappa shape index (κ2) is 27.4. The van der Waals surface area contributed by atoms with Crippen LogP contribution in [0.3, 0.4) is 0 Å². The summed E-state index contributed by atoms with van der Waals surface area (Å²) in [5.74, 6) is -4.74. The number of hydrogen-bond acceptors (Lipinski definition) is 14. The minimum absolute atomic E-state index is 0.00370. The molecule has 5 aromatic rings. The Morgan fingerprint density at radius 3 is 2.10 bits per heavy atom. The van der Waals surface area contributed by atoms with Crippen LogP contribution in [0.5, 0.6) is 0 Å². The van der Waals surface area contributed by atoms with Crippen LogP contribution in [0.2, 0.25) is 0 Å². The number of carbonyl (C=O) groups is 8. The zero-order valence-electron chi connectivity index (χ0n) is 50.3. The number of benzene rings is 3. The number of aliphatic hydroxyl groups is 1. The van der Waals surface area contributed by atoms with E-state index in [0.717, 1.165) is 50.7 Å². The average Bonchev–Trinajstić information content (AvgIpc) is 2.40. The molecule has 22 nitrogen and oxygen atoms in total. The lowest BCUT2D eigenvalue weighted by Crippen LogP contribution is -2.66. The number of thiophene rings is 1. The van der Waals surface area contributed by atoms with Gasteiger partial charge in [0.1, 0.15) is 36.7 Å².